The normalized spacial score (nSPS) is 15.6. The van der Waals surface area contributed by atoms with Crippen molar-refractivity contribution in [2.75, 3.05) is 25.1 Å². The van der Waals surface area contributed by atoms with E-state index >= 15 is 0 Å². The number of anilines is 1. The zero-order chi connectivity index (χ0) is 26.2. The number of carbonyl (C=O) groups is 2. The van der Waals surface area contributed by atoms with Crippen molar-refractivity contribution < 1.29 is 14.3 Å². The van der Waals surface area contributed by atoms with E-state index < -0.39 is 6.04 Å². The Labute approximate surface area is 219 Å². The van der Waals surface area contributed by atoms with Gasteiger partial charge < -0.3 is 9.64 Å². The topological polar surface area (TPSA) is 75.6 Å². The van der Waals surface area contributed by atoms with Crippen molar-refractivity contribution in [3.63, 3.8) is 0 Å². The van der Waals surface area contributed by atoms with Crippen LogP contribution in [0.25, 0.3) is 0 Å². The van der Waals surface area contributed by atoms with Crippen LogP contribution in [0.2, 0.25) is 0 Å². The fourth-order valence-corrected chi connectivity index (χ4v) is 4.86. The van der Waals surface area contributed by atoms with Crippen LogP contribution in [0.5, 0.6) is 0 Å². The number of aromatic nitrogens is 2. The molecule has 0 aliphatic carbocycles. The third-order valence-electron chi connectivity index (χ3n) is 7.08. The maximum atomic E-state index is 13.4. The summed E-state index contributed by atoms with van der Waals surface area (Å²) in [5.74, 6) is 0.0965. The fraction of sp³-hybridized carbons (Fsp3) is 0.400. The quantitative estimate of drug-likeness (QED) is 0.367. The van der Waals surface area contributed by atoms with E-state index in [0.29, 0.717) is 25.3 Å². The van der Waals surface area contributed by atoms with Gasteiger partial charge in [0.25, 0.3) is 0 Å². The first-order valence-electron chi connectivity index (χ1n) is 13.1. The summed E-state index contributed by atoms with van der Waals surface area (Å²) >= 11 is 0. The first kappa shape index (κ1) is 26.3. The number of piperidine rings is 1. The van der Waals surface area contributed by atoms with Gasteiger partial charge in [0.1, 0.15) is 6.04 Å². The van der Waals surface area contributed by atoms with Gasteiger partial charge in [-0.25, -0.2) is 9.59 Å². The molecule has 0 radical (unpaired) electrons. The smallest absolute Gasteiger partial charge is 0.328 e. The Balaban J connectivity index is 1.40. The number of hydrogen-bond acceptors (Lipinski definition) is 5. The van der Waals surface area contributed by atoms with Crippen LogP contribution < -0.4 is 4.90 Å². The van der Waals surface area contributed by atoms with Gasteiger partial charge in [-0.15, -0.1) is 0 Å². The number of likely N-dealkylation sites (tertiary alicyclic amines) is 1. The van der Waals surface area contributed by atoms with E-state index in [1.807, 2.05) is 60.9 Å². The monoisotopic (exact) mass is 500 g/mol. The summed E-state index contributed by atoms with van der Waals surface area (Å²) < 4.78 is 5.77. The lowest BCUT2D eigenvalue weighted by atomic mass is 9.91. The van der Waals surface area contributed by atoms with E-state index in [0.717, 1.165) is 29.7 Å². The van der Waals surface area contributed by atoms with E-state index in [1.54, 1.807) is 29.2 Å². The van der Waals surface area contributed by atoms with Crippen LogP contribution in [0.3, 0.4) is 0 Å². The Morgan fingerprint density at radius 2 is 1.62 bits per heavy atom. The van der Waals surface area contributed by atoms with E-state index in [2.05, 4.69) is 23.8 Å². The molecule has 2 aromatic heterocycles. The van der Waals surface area contributed by atoms with Gasteiger partial charge in [-0.05, 0) is 72.6 Å². The van der Waals surface area contributed by atoms with Crippen molar-refractivity contribution in [1.29, 1.82) is 0 Å². The number of pyridine rings is 2. The Morgan fingerprint density at radius 3 is 2.19 bits per heavy atom. The largest absolute Gasteiger partial charge is 0.464 e. The number of ether oxygens (including phenoxy) is 1. The standard InChI is InChI=1S/C30H36N4O3/c1-22(2)23-11-13-26(14-12-23)33(3)30(36)34-18-5-4-10-28(34)29(35)37-19-15-27(24-8-6-16-31-20-24)25-9-7-17-32-21-25/h6-9,11-14,16-17,20-22,27-28H,4-5,10,15,18-19H2,1-3H3/t28-/m0/s1. The number of urea groups is 1. The molecule has 1 aliphatic heterocycles. The maximum absolute atomic E-state index is 13.4. The highest BCUT2D eigenvalue weighted by atomic mass is 16.5. The summed E-state index contributed by atoms with van der Waals surface area (Å²) in [4.78, 5) is 38.4. The Hall–Kier alpha value is -3.74. The second kappa shape index (κ2) is 12.5. The van der Waals surface area contributed by atoms with E-state index in [9.17, 15) is 9.59 Å². The minimum Gasteiger partial charge on any atom is -0.464 e. The lowest BCUT2D eigenvalue weighted by Crippen LogP contribution is -2.53. The molecule has 2 amide bonds. The van der Waals surface area contributed by atoms with Gasteiger partial charge in [0.2, 0.25) is 0 Å². The van der Waals surface area contributed by atoms with Gasteiger partial charge in [0.15, 0.2) is 0 Å². The molecule has 1 fully saturated rings. The van der Waals surface area contributed by atoms with Crippen molar-refractivity contribution in [3.8, 4) is 0 Å². The lowest BCUT2D eigenvalue weighted by molar-refractivity contribution is -0.150. The van der Waals surface area contributed by atoms with E-state index in [-0.39, 0.29) is 24.5 Å². The van der Waals surface area contributed by atoms with Crippen LogP contribution in [0, 0.1) is 0 Å². The van der Waals surface area contributed by atoms with Gasteiger partial charge >= 0.3 is 12.0 Å². The molecule has 194 valence electrons. The van der Waals surface area contributed by atoms with Crippen LogP contribution in [0.1, 0.15) is 68.1 Å². The molecule has 0 N–H and O–H groups in total. The molecule has 1 atom stereocenters. The summed E-state index contributed by atoms with van der Waals surface area (Å²) in [5, 5.41) is 0. The van der Waals surface area contributed by atoms with Gasteiger partial charge in [-0.3, -0.25) is 14.9 Å². The molecule has 4 rings (SSSR count). The number of esters is 1. The average Bonchev–Trinajstić information content (AvgIpc) is 2.95. The molecule has 1 aliphatic rings. The molecule has 3 heterocycles. The molecule has 0 bridgehead atoms. The Kier molecular flexibility index (Phi) is 8.88. The summed E-state index contributed by atoms with van der Waals surface area (Å²) in [6.07, 6.45) is 10.1. The number of hydrogen-bond donors (Lipinski definition) is 0. The van der Waals surface area contributed by atoms with Crippen molar-refractivity contribution in [1.82, 2.24) is 14.9 Å². The molecule has 0 saturated carbocycles. The first-order valence-corrected chi connectivity index (χ1v) is 13.1. The molecule has 7 nitrogen and oxygen atoms in total. The number of nitrogens with zero attached hydrogens (tertiary/aromatic N) is 4. The second-order valence-corrected chi connectivity index (χ2v) is 9.87. The van der Waals surface area contributed by atoms with Gasteiger partial charge in [0.05, 0.1) is 6.61 Å². The first-order chi connectivity index (χ1) is 18.0. The van der Waals surface area contributed by atoms with Crippen LogP contribution in [0.4, 0.5) is 10.5 Å². The van der Waals surface area contributed by atoms with Crippen molar-refractivity contribution >= 4 is 17.7 Å². The molecular weight excluding hydrogens is 464 g/mol. The predicted molar refractivity (Wildman–Crippen MR) is 145 cm³/mol. The van der Waals surface area contributed by atoms with Gasteiger partial charge in [-0.1, -0.05) is 38.1 Å². The van der Waals surface area contributed by atoms with E-state index in [4.69, 9.17) is 4.74 Å². The minimum absolute atomic E-state index is 0.0132. The number of rotatable bonds is 8. The van der Waals surface area contributed by atoms with Crippen molar-refractivity contribution in [2.45, 2.75) is 57.4 Å². The molecule has 1 aromatic carbocycles. The summed E-state index contributed by atoms with van der Waals surface area (Å²) in [7, 11) is 1.76. The van der Waals surface area contributed by atoms with E-state index in [1.165, 1.54) is 5.56 Å². The highest BCUT2D eigenvalue weighted by Crippen LogP contribution is 2.28. The van der Waals surface area contributed by atoms with Crippen molar-refractivity contribution in [2.24, 2.45) is 0 Å². The fourth-order valence-electron chi connectivity index (χ4n) is 4.86. The molecule has 7 heteroatoms. The average molecular weight is 501 g/mol. The second-order valence-electron chi connectivity index (χ2n) is 9.87. The number of benzene rings is 1. The Bertz CT molecular complexity index is 1110. The summed E-state index contributed by atoms with van der Waals surface area (Å²) in [5.41, 5.74) is 4.13. The molecule has 0 unspecified atom stereocenters. The third-order valence-corrected chi connectivity index (χ3v) is 7.08. The lowest BCUT2D eigenvalue weighted by Gasteiger charge is -2.36. The molecule has 0 spiro atoms. The van der Waals surface area contributed by atoms with Crippen LogP contribution in [-0.4, -0.2) is 53.1 Å². The van der Waals surface area contributed by atoms with Crippen LogP contribution in [0.15, 0.2) is 73.3 Å². The zero-order valence-corrected chi connectivity index (χ0v) is 21.9. The van der Waals surface area contributed by atoms with Crippen molar-refractivity contribution in [3.05, 3.63) is 90.0 Å². The third kappa shape index (κ3) is 6.53. The summed E-state index contributed by atoms with van der Waals surface area (Å²) in [6, 6.07) is 15.1. The zero-order valence-electron chi connectivity index (χ0n) is 21.9. The number of carbonyl (C=O) groups excluding carboxylic acids is 2. The predicted octanol–water partition coefficient (Wildman–Crippen LogP) is 5.78. The number of amides is 2. The SMILES string of the molecule is CC(C)c1ccc(N(C)C(=O)N2CCCC[C@H]2C(=O)OCCC(c2cccnc2)c2cccnc2)cc1. The van der Waals surface area contributed by atoms with Gasteiger partial charge in [0, 0.05) is 50.0 Å². The minimum atomic E-state index is -0.575. The van der Waals surface area contributed by atoms with Crippen LogP contribution >= 0.6 is 0 Å². The highest BCUT2D eigenvalue weighted by molar-refractivity contribution is 5.94. The molecule has 1 saturated heterocycles. The van der Waals surface area contributed by atoms with Crippen LogP contribution in [-0.2, 0) is 9.53 Å². The Morgan fingerprint density at radius 1 is 0.973 bits per heavy atom. The molecule has 37 heavy (non-hydrogen) atoms. The molecule has 3 aromatic rings. The molecular formula is C30H36N4O3. The highest BCUT2D eigenvalue weighted by Gasteiger charge is 2.35. The maximum Gasteiger partial charge on any atom is 0.328 e. The summed E-state index contributed by atoms with van der Waals surface area (Å²) in [6.45, 7) is 5.08. The van der Waals surface area contributed by atoms with Gasteiger partial charge in [-0.2, -0.15) is 0 Å².